The van der Waals surface area contributed by atoms with Crippen LogP contribution in [-0.2, 0) is 4.74 Å². The number of halogens is 2. The highest BCUT2D eigenvalue weighted by atomic mass is 127. The first-order valence-electron chi connectivity index (χ1n) is 6.12. The van der Waals surface area contributed by atoms with Crippen LogP contribution in [0.3, 0.4) is 0 Å². The van der Waals surface area contributed by atoms with Crippen molar-refractivity contribution in [2.75, 3.05) is 6.61 Å². The van der Waals surface area contributed by atoms with Gasteiger partial charge < -0.3 is 4.74 Å². The van der Waals surface area contributed by atoms with Crippen molar-refractivity contribution in [2.45, 2.75) is 32.4 Å². The number of hydrogen-bond donors (Lipinski definition) is 0. The highest BCUT2D eigenvalue weighted by Gasteiger charge is 2.20. The molecule has 1 aromatic carbocycles. The lowest BCUT2D eigenvalue weighted by Gasteiger charge is -2.23. The Labute approximate surface area is 128 Å². The third-order valence-corrected chi connectivity index (χ3v) is 6.35. The summed E-state index contributed by atoms with van der Waals surface area (Å²) in [5, 5.41) is 5.69. The predicted octanol–water partition coefficient (Wildman–Crippen LogP) is 4.41. The number of aryl methyl sites for hydroxylation is 1. The summed E-state index contributed by atoms with van der Waals surface area (Å²) < 4.78 is 10.2. The molecule has 1 aliphatic rings. The molecule has 1 saturated heterocycles. The summed E-state index contributed by atoms with van der Waals surface area (Å²) in [6, 6.07) is 2.20. The van der Waals surface area contributed by atoms with Crippen molar-refractivity contribution in [3.05, 3.63) is 25.9 Å². The van der Waals surface area contributed by atoms with Gasteiger partial charge in [-0.3, -0.25) is 0 Å². The van der Waals surface area contributed by atoms with E-state index in [9.17, 15) is 0 Å². The molecule has 1 aliphatic heterocycles. The third-order valence-electron chi connectivity index (χ3n) is 3.39. The minimum Gasteiger partial charge on any atom is -0.356 e. The predicted molar refractivity (Wildman–Crippen MR) is 83.7 cm³/mol. The second-order valence-corrected chi connectivity index (χ2v) is 6.54. The Hall–Kier alpha value is -0.140. The lowest BCUT2D eigenvalue weighted by molar-refractivity contribution is -0.0366. The van der Waals surface area contributed by atoms with Crippen LogP contribution in [0, 0.1) is 10.5 Å². The van der Waals surface area contributed by atoms with E-state index in [1.807, 2.05) is 10.9 Å². The molecule has 2 aromatic rings. The standard InChI is InChI=1S/C13H14BrIN2O/c1-8-6-10-9(12(14)13(8)15)7-16-17(10)11-4-2-3-5-18-11/h6-7,11H,2-5H2,1H3/t11-/m0/s1. The van der Waals surface area contributed by atoms with Crippen molar-refractivity contribution in [3.8, 4) is 0 Å². The lowest BCUT2D eigenvalue weighted by atomic mass is 10.1. The van der Waals surface area contributed by atoms with Crippen molar-refractivity contribution in [3.63, 3.8) is 0 Å². The Kier molecular flexibility index (Phi) is 3.64. The molecule has 1 fully saturated rings. The molecule has 0 unspecified atom stereocenters. The number of fused-ring (bicyclic) bond motifs is 1. The van der Waals surface area contributed by atoms with Gasteiger partial charge in [-0.25, -0.2) is 4.68 Å². The molecule has 0 saturated carbocycles. The van der Waals surface area contributed by atoms with Crippen molar-refractivity contribution in [2.24, 2.45) is 0 Å². The Morgan fingerprint density at radius 3 is 3.06 bits per heavy atom. The Balaban J connectivity index is 2.13. The van der Waals surface area contributed by atoms with Gasteiger partial charge in [-0.15, -0.1) is 0 Å². The van der Waals surface area contributed by atoms with Gasteiger partial charge in [0.25, 0.3) is 0 Å². The molecule has 0 amide bonds. The van der Waals surface area contributed by atoms with Gasteiger partial charge in [0.15, 0.2) is 6.23 Å². The Morgan fingerprint density at radius 1 is 1.50 bits per heavy atom. The maximum atomic E-state index is 5.82. The average molecular weight is 421 g/mol. The minimum atomic E-state index is 0.0996. The van der Waals surface area contributed by atoms with Crippen molar-refractivity contribution < 1.29 is 4.74 Å². The SMILES string of the molecule is Cc1cc2c(cnn2[C@@H]2CCCCO2)c(Br)c1I. The summed E-state index contributed by atoms with van der Waals surface area (Å²) >= 11 is 6.03. The zero-order valence-electron chi connectivity index (χ0n) is 10.1. The molecule has 1 atom stereocenters. The highest BCUT2D eigenvalue weighted by molar-refractivity contribution is 14.1. The number of nitrogens with zero attached hydrogens (tertiary/aromatic N) is 2. The van der Waals surface area contributed by atoms with Crippen LogP contribution in [-0.4, -0.2) is 16.4 Å². The van der Waals surface area contributed by atoms with Crippen molar-refractivity contribution in [1.29, 1.82) is 0 Å². The van der Waals surface area contributed by atoms with E-state index in [2.05, 4.69) is 56.6 Å². The number of ether oxygens (including phenoxy) is 1. The fourth-order valence-electron chi connectivity index (χ4n) is 2.39. The first-order chi connectivity index (χ1) is 8.68. The third kappa shape index (κ3) is 2.10. The van der Waals surface area contributed by atoms with Crippen molar-refractivity contribution in [1.82, 2.24) is 9.78 Å². The molecule has 3 nitrogen and oxygen atoms in total. The molecule has 5 heteroatoms. The van der Waals surface area contributed by atoms with Crippen LogP contribution in [0.15, 0.2) is 16.7 Å². The van der Waals surface area contributed by atoms with E-state index in [0.717, 1.165) is 29.4 Å². The van der Waals surface area contributed by atoms with E-state index in [4.69, 9.17) is 4.74 Å². The molecule has 0 spiro atoms. The van der Waals surface area contributed by atoms with Crippen LogP contribution < -0.4 is 0 Å². The average Bonchev–Trinajstić information content (AvgIpc) is 2.81. The van der Waals surface area contributed by atoms with E-state index in [1.54, 1.807) is 0 Å². The maximum Gasteiger partial charge on any atom is 0.150 e. The van der Waals surface area contributed by atoms with E-state index >= 15 is 0 Å². The van der Waals surface area contributed by atoms with E-state index < -0.39 is 0 Å². The van der Waals surface area contributed by atoms with Gasteiger partial charge in [0.05, 0.1) is 11.7 Å². The van der Waals surface area contributed by atoms with Gasteiger partial charge in [0.2, 0.25) is 0 Å². The van der Waals surface area contributed by atoms with Crippen molar-refractivity contribution >= 4 is 49.4 Å². The largest absolute Gasteiger partial charge is 0.356 e. The number of hydrogen-bond acceptors (Lipinski definition) is 2. The summed E-state index contributed by atoms with van der Waals surface area (Å²) in [4.78, 5) is 0. The number of benzene rings is 1. The molecule has 18 heavy (non-hydrogen) atoms. The first-order valence-corrected chi connectivity index (χ1v) is 7.99. The lowest BCUT2D eigenvalue weighted by Crippen LogP contribution is -2.19. The van der Waals surface area contributed by atoms with E-state index in [-0.39, 0.29) is 6.23 Å². The first kappa shape index (κ1) is 12.9. The number of rotatable bonds is 1. The van der Waals surface area contributed by atoms with Crippen LogP contribution in [0.25, 0.3) is 10.9 Å². The highest BCUT2D eigenvalue weighted by Crippen LogP contribution is 2.34. The van der Waals surface area contributed by atoms with E-state index in [0.29, 0.717) is 0 Å². The van der Waals surface area contributed by atoms with Crippen LogP contribution in [0.2, 0.25) is 0 Å². The zero-order valence-corrected chi connectivity index (χ0v) is 13.9. The number of aromatic nitrogens is 2. The maximum absolute atomic E-state index is 5.82. The Bertz CT molecular complexity index is 590. The monoisotopic (exact) mass is 420 g/mol. The molecule has 1 aromatic heterocycles. The van der Waals surface area contributed by atoms with Gasteiger partial charge in [-0.2, -0.15) is 5.10 Å². The van der Waals surface area contributed by atoms with Crippen LogP contribution in [0.4, 0.5) is 0 Å². The summed E-state index contributed by atoms with van der Waals surface area (Å²) in [6.45, 7) is 2.97. The molecular weight excluding hydrogens is 407 g/mol. The second-order valence-electron chi connectivity index (χ2n) is 4.66. The van der Waals surface area contributed by atoms with Crippen LogP contribution in [0.1, 0.15) is 31.1 Å². The Morgan fingerprint density at radius 2 is 2.33 bits per heavy atom. The molecule has 2 heterocycles. The molecule has 0 aliphatic carbocycles. The van der Waals surface area contributed by atoms with Gasteiger partial charge in [-0.1, -0.05) is 0 Å². The van der Waals surface area contributed by atoms with Gasteiger partial charge in [-0.05, 0) is 76.3 Å². The molecule has 0 radical (unpaired) electrons. The minimum absolute atomic E-state index is 0.0996. The van der Waals surface area contributed by atoms with Gasteiger partial charge >= 0.3 is 0 Å². The second kappa shape index (κ2) is 5.09. The zero-order chi connectivity index (χ0) is 12.7. The summed E-state index contributed by atoms with van der Waals surface area (Å²) in [6.07, 6.45) is 5.47. The molecular formula is C13H14BrIN2O. The smallest absolute Gasteiger partial charge is 0.150 e. The van der Waals surface area contributed by atoms with Gasteiger partial charge in [0, 0.05) is 20.0 Å². The summed E-state index contributed by atoms with van der Waals surface area (Å²) in [5.41, 5.74) is 2.43. The summed E-state index contributed by atoms with van der Waals surface area (Å²) in [5.74, 6) is 0. The topological polar surface area (TPSA) is 27.1 Å². The van der Waals surface area contributed by atoms with Crippen LogP contribution in [0.5, 0.6) is 0 Å². The molecule has 0 bridgehead atoms. The molecule has 3 rings (SSSR count). The quantitative estimate of drug-likeness (QED) is 0.639. The normalized spacial score (nSPS) is 20.5. The van der Waals surface area contributed by atoms with E-state index in [1.165, 1.54) is 20.9 Å². The van der Waals surface area contributed by atoms with Gasteiger partial charge in [0.1, 0.15) is 0 Å². The van der Waals surface area contributed by atoms with Crippen LogP contribution >= 0.6 is 38.5 Å². The fourth-order valence-corrected chi connectivity index (χ4v) is 3.46. The molecule has 96 valence electrons. The molecule has 0 N–H and O–H groups in total. The fraction of sp³-hybridized carbons (Fsp3) is 0.462. The summed E-state index contributed by atoms with van der Waals surface area (Å²) in [7, 11) is 0.